The van der Waals surface area contributed by atoms with Crippen LogP contribution in [0.3, 0.4) is 0 Å². The number of nitrogens with one attached hydrogen (secondary N) is 2. The highest BCUT2D eigenvalue weighted by atomic mass is 19.1. The molecule has 2 aliphatic heterocycles. The van der Waals surface area contributed by atoms with Gasteiger partial charge in [0.05, 0.1) is 13.2 Å². The van der Waals surface area contributed by atoms with Gasteiger partial charge >= 0.3 is 0 Å². The number of ether oxygens (including phenoxy) is 1. The Hall–Kier alpha value is -3.30. The van der Waals surface area contributed by atoms with Crippen molar-refractivity contribution in [3.05, 3.63) is 64.5 Å². The van der Waals surface area contributed by atoms with Gasteiger partial charge in [0.2, 0.25) is 5.91 Å². The first kappa shape index (κ1) is 24.8. The fourth-order valence-corrected chi connectivity index (χ4v) is 4.63. The summed E-state index contributed by atoms with van der Waals surface area (Å²) in [6, 6.07) is 9.93. The Balaban J connectivity index is 1.45. The molecule has 35 heavy (non-hydrogen) atoms. The van der Waals surface area contributed by atoms with E-state index < -0.39 is 6.04 Å². The van der Waals surface area contributed by atoms with E-state index in [1.807, 2.05) is 12.1 Å². The molecule has 1 fully saturated rings. The van der Waals surface area contributed by atoms with Gasteiger partial charge in [0.25, 0.3) is 5.91 Å². The number of carbonyl (C=O) groups is 3. The monoisotopic (exact) mass is 482 g/mol. The van der Waals surface area contributed by atoms with Gasteiger partial charge in [-0.15, -0.1) is 0 Å². The molecular formula is C26H31FN4O4. The molecule has 0 aliphatic carbocycles. The second-order valence-corrected chi connectivity index (χ2v) is 8.81. The van der Waals surface area contributed by atoms with E-state index in [4.69, 9.17) is 4.74 Å². The van der Waals surface area contributed by atoms with Crippen LogP contribution in [0.25, 0.3) is 0 Å². The van der Waals surface area contributed by atoms with Crippen molar-refractivity contribution in [2.75, 3.05) is 38.7 Å². The molecule has 2 N–H and O–H groups in total. The van der Waals surface area contributed by atoms with Crippen LogP contribution in [-0.4, -0.2) is 67.3 Å². The van der Waals surface area contributed by atoms with Crippen molar-refractivity contribution < 1.29 is 23.5 Å². The number of halogens is 1. The van der Waals surface area contributed by atoms with Crippen LogP contribution in [-0.2, 0) is 34.0 Å². The lowest BCUT2D eigenvalue weighted by Crippen LogP contribution is -2.46. The Labute approximate surface area is 204 Å². The molecule has 0 bridgehead atoms. The summed E-state index contributed by atoms with van der Waals surface area (Å²) in [7, 11) is 1.51. The van der Waals surface area contributed by atoms with Gasteiger partial charge in [-0.3, -0.25) is 14.5 Å². The van der Waals surface area contributed by atoms with E-state index in [0.717, 1.165) is 36.2 Å². The first-order valence-electron chi connectivity index (χ1n) is 11.9. The number of rotatable bonds is 10. The number of hydrogen-bond acceptors (Lipinski definition) is 6. The average Bonchev–Trinajstić information content (AvgIpc) is 3.21. The molecular weight excluding hydrogens is 451 g/mol. The van der Waals surface area contributed by atoms with Gasteiger partial charge in [0.15, 0.2) is 0 Å². The van der Waals surface area contributed by atoms with Crippen molar-refractivity contribution in [1.82, 2.24) is 15.1 Å². The molecule has 1 unspecified atom stereocenters. The number of carbonyl (C=O) groups excluding carboxylic acids is 3. The zero-order valence-electron chi connectivity index (χ0n) is 19.9. The molecule has 1 atom stereocenters. The predicted octanol–water partition coefficient (Wildman–Crippen LogP) is 2.32. The summed E-state index contributed by atoms with van der Waals surface area (Å²) in [5.41, 5.74) is 3.45. The molecule has 9 heteroatoms. The Morgan fingerprint density at radius 2 is 2.03 bits per heavy atom. The van der Waals surface area contributed by atoms with Crippen molar-refractivity contribution in [2.45, 2.75) is 38.5 Å². The number of benzene rings is 2. The minimum atomic E-state index is -0.727. The van der Waals surface area contributed by atoms with E-state index in [1.165, 1.54) is 11.9 Å². The Morgan fingerprint density at radius 1 is 1.23 bits per heavy atom. The number of amides is 2. The van der Waals surface area contributed by atoms with Crippen LogP contribution in [0.2, 0.25) is 0 Å². The van der Waals surface area contributed by atoms with Crippen LogP contribution in [0.4, 0.5) is 10.1 Å². The molecule has 4 rings (SSSR count). The summed E-state index contributed by atoms with van der Waals surface area (Å²) in [5, 5.41) is 5.85. The molecule has 0 aromatic heterocycles. The van der Waals surface area contributed by atoms with Gasteiger partial charge in [-0.1, -0.05) is 18.2 Å². The van der Waals surface area contributed by atoms with Gasteiger partial charge in [0.1, 0.15) is 18.1 Å². The van der Waals surface area contributed by atoms with Crippen molar-refractivity contribution in [3.8, 4) is 0 Å². The van der Waals surface area contributed by atoms with Crippen LogP contribution in [0.1, 0.15) is 39.9 Å². The number of nitrogens with zero attached hydrogens (tertiary/aromatic N) is 2. The second kappa shape index (κ2) is 11.4. The number of fused-ring (bicyclic) bond motifs is 1. The van der Waals surface area contributed by atoms with Crippen molar-refractivity contribution in [2.24, 2.45) is 0 Å². The lowest BCUT2D eigenvalue weighted by molar-refractivity contribution is -0.125. The zero-order valence-corrected chi connectivity index (χ0v) is 19.9. The standard InChI is InChI=1S/C26H31FN4O4/c1-28-25(33)24(6-3-11-32)31-17-21-20(26(31)34)4-2-5-23(21)29-15-19-8-7-18(14-22(19)27)16-30-9-12-35-13-10-30/h2,4-5,7-8,11,14,24,29H,3,6,9-10,12-13,15-17H2,1H3,(H,28,33). The summed E-state index contributed by atoms with van der Waals surface area (Å²) in [6.45, 7) is 4.28. The maximum Gasteiger partial charge on any atom is 0.255 e. The Kier molecular flexibility index (Phi) is 8.09. The average molecular weight is 483 g/mol. The van der Waals surface area contributed by atoms with Gasteiger partial charge in [0, 0.05) is 68.6 Å². The Morgan fingerprint density at radius 3 is 2.74 bits per heavy atom. The fourth-order valence-electron chi connectivity index (χ4n) is 4.63. The highest BCUT2D eigenvalue weighted by Crippen LogP contribution is 2.32. The maximum atomic E-state index is 14.8. The van der Waals surface area contributed by atoms with Crippen LogP contribution in [0.15, 0.2) is 36.4 Å². The first-order valence-corrected chi connectivity index (χ1v) is 11.9. The van der Waals surface area contributed by atoms with E-state index in [-0.39, 0.29) is 43.6 Å². The van der Waals surface area contributed by atoms with Crippen molar-refractivity contribution in [3.63, 3.8) is 0 Å². The Bertz CT molecular complexity index is 1090. The number of likely N-dealkylation sites (N-methyl/N-ethyl adjacent to an activating group) is 1. The lowest BCUT2D eigenvalue weighted by Gasteiger charge is -2.26. The molecule has 0 radical (unpaired) electrons. The zero-order chi connectivity index (χ0) is 24.8. The quantitative estimate of drug-likeness (QED) is 0.505. The van der Waals surface area contributed by atoms with Gasteiger partial charge in [-0.2, -0.15) is 0 Å². The van der Waals surface area contributed by atoms with Gasteiger partial charge in [-0.05, 0) is 30.2 Å². The van der Waals surface area contributed by atoms with E-state index >= 15 is 0 Å². The van der Waals surface area contributed by atoms with Crippen molar-refractivity contribution >= 4 is 23.8 Å². The molecule has 2 aromatic rings. The SMILES string of the molecule is CNC(=O)C(CCC=O)N1Cc2c(NCc3ccc(CN4CCOCC4)cc3F)cccc2C1=O. The molecule has 2 heterocycles. The predicted molar refractivity (Wildman–Crippen MR) is 129 cm³/mol. The van der Waals surface area contributed by atoms with Gasteiger partial charge < -0.3 is 25.1 Å². The first-order chi connectivity index (χ1) is 17.0. The minimum Gasteiger partial charge on any atom is -0.381 e. The number of morpholine rings is 1. The molecule has 1 saturated heterocycles. The minimum absolute atomic E-state index is 0.185. The molecule has 2 aliphatic rings. The lowest BCUT2D eigenvalue weighted by atomic mass is 10.1. The molecule has 8 nitrogen and oxygen atoms in total. The summed E-state index contributed by atoms with van der Waals surface area (Å²) in [4.78, 5) is 40.1. The van der Waals surface area contributed by atoms with E-state index in [9.17, 15) is 18.8 Å². The maximum absolute atomic E-state index is 14.8. The molecule has 186 valence electrons. The van der Waals surface area contributed by atoms with E-state index in [0.29, 0.717) is 30.9 Å². The van der Waals surface area contributed by atoms with Crippen LogP contribution >= 0.6 is 0 Å². The van der Waals surface area contributed by atoms with Crippen LogP contribution < -0.4 is 10.6 Å². The van der Waals surface area contributed by atoms with Gasteiger partial charge in [-0.25, -0.2) is 4.39 Å². The smallest absolute Gasteiger partial charge is 0.255 e. The highest BCUT2D eigenvalue weighted by Gasteiger charge is 2.36. The topological polar surface area (TPSA) is 91.0 Å². The van der Waals surface area contributed by atoms with E-state index in [2.05, 4.69) is 15.5 Å². The molecule has 0 spiro atoms. The summed E-state index contributed by atoms with van der Waals surface area (Å²) < 4.78 is 20.2. The molecule has 2 aromatic carbocycles. The highest BCUT2D eigenvalue weighted by molar-refractivity contribution is 6.02. The third-order valence-corrected chi connectivity index (χ3v) is 6.58. The van der Waals surface area contributed by atoms with Crippen molar-refractivity contribution in [1.29, 1.82) is 0 Å². The molecule has 2 amide bonds. The van der Waals surface area contributed by atoms with Crippen LogP contribution in [0.5, 0.6) is 0 Å². The van der Waals surface area contributed by atoms with E-state index in [1.54, 1.807) is 24.3 Å². The second-order valence-electron chi connectivity index (χ2n) is 8.81. The number of anilines is 1. The third-order valence-electron chi connectivity index (χ3n) is 6.58. The normalized spacial score (nSPS) is 16.6. The van der Waals surface area contributed by atoms with Crippen LogP contribution in [0, 0.1) is 5.82 Å². The summed E-state index contributed by atoms with van der Waals surface area (Å²) in [6.07, 6.45) is 1.19. The third kappa shape index (κ3) is 5.68. The summed E-state index contributed by atoms with van der Waals surface area (Å²) in [5.74, 6) is -0.828. The number of hydrogen-bond donors (Lipinski definition) is 2. The summed E-state index contributed by atoms with van der Waals surface area (Å²) >= 11 is 0. The molecule has 0 saturated carbocycles. The fraction of sp³-hybridized carbons (Fsp3) is 0.423. The largest absolute Gasteiger partial charge is 0.381 e. The number of aldehydes is 1.